The van der Waals surface area contributed by atoms with E-state index in [-0.39, 0.29) is 0 Å². The van der Waals surface area contributed by atoms with E-state index in [4.69, 9.17) is 0 Å². The van der Waals surface area contributed by atoms with Crippen molar-refractivity contribution < 1.29 is 0 Å². The summed E-state index contributed by atoms with van der Waals surface area (Å²) >= 11 is 5.32. The van der Waals surface area contributed by atoms with Crippen LogP contribution in [0.2, 0.25) is 0 Å². The first-order valence-corrected chi connectivity index (χ1v) is 7.69. The van der Waals surface area contributed by atoms with Gasteiger partial charge in [-0.15, -0.1) is 11.8 Å². The maximum Gasteiger partial charge on any atom is 0.0739 e. The molecule has 0 unspecified atom stereocenters. The van der Waals surface area contributed by atoms with E-state index in [1.54, 1.807) is 11.8 Å². The fourth-order valence-electron chi connectivity index (χ4n) is 1.77. The second-order valence-corrected chi connectivity index (χ2v) is 5.72. The van der Waals surface area contributed by atoms with E-state index in [0.29, 0.717) is 0 Å². The van der Waals surface area contributed by atoms with Crippen LogP contribution in [0.5, 0.6) is 0 Å². The maximum atomic E-state index is 4.38. The summed E-state index contributed by atoms with van der Waals surface area (Å²) < 4.78 is 2.99. The number of nitrogens with one attached hydrogen (secondary N) is 1. The molecule has 0 saturated carbocycles. The zero-order valence-corrected chi connectivity index (χ0v) is 13.1. The van der Waals surface area contributed by atoms with E-state index in [1.165, 1.54) is 4.90 Å². The Hall–Kier alpha value is -0.940. The van der Waals surface area contributed by atoms with Crippen LogP contribution in [0.4, 0.5) is 5.69 Å². The number of anilines is 1. The van der Waals surface area contributed by atoms with Crippen LogP contribution in [0.3, 0.4) is 0 Å². The molecule has 0 saturated heterocycles. The summed E-state index contributed by atoms with van der Waals surface area (Å²) in [6.07, 6.45) is 2.08. The number of benzene rings is 1. The minimum Gasteiger partial charge on any atom is -0.379 e. The van der Waals surface area contributed by atoms with Crippen LogP contribution in [0, 0.1) is 6.92 Å². The topological polar surface area (TPSA) is 29.9 Å². The van der Waals surface area contributed by atoms with Crippen molar-refractivity contribution in [2.75, 3.05) is 11.6 Å². The molecule has 96 valence electrons. The largest absolute Gasteiger partial charge is 0.379 e. The summed E-state index contributed by atoms with van der Waals surface area (Å²) in [7, 11) is 1.96. The van der Waals surface area contributed by atoms with Gasteiger partial charge in [-0.25, -0.2) is 0 Å². The molecule has 0 aliphatic carbocycles. The minimum atomic E-state index is 0.760. The second-order valence-electron chi connectivity index (χ2n) is 4.05. The predicted octanol–water partition coefficient (Wildman–Crippen LogP) is 3.83. The van der Waals surface area contributed by atoms with Crippen LogP contribution >= 0.6 is 27.7 Å². The molecule has 1 aromatic heterocycles. The highest BCUT2D eigenvalue weighted by Gasteiger charge is 2.09. The second kappa shape index (κ2) is 5.80. The first-order valence-electron chi connectivity index (χ1n) is 5.67. The Bertz CT molecular complexity index is 534. The monoisotopic (exact) mass is 325 g/mol. The number of halogens is 1. The Morgan fingerprint density at radius 3 is 2.50 bits per heavy atom. The third-order valence-electron chi connectivity index (χ3n) is 2.81. The van der Waals surface area contributed by atoms with Gasteiger partial charge < -0.3 is 5.32 Å². The van der Waals surface area contributed by atoms with E-state index in [9.17, 15) is 0 Å². The van der Waals surface area contributed by atoms with Crippen LogP contribution in [0.15, 0.2) is 33.6 Å². The molecule has 18 heavy (non-hydrogen) atoms. The Morgan fingerprint density at radius 2 is 2.00 bits per heavy atom. The van der Waals surface area contributed by atoms with Gasteiger partial charge in [-0.3, -0.25) is 4.68 Å². The van der Waals surface area contributed by atoms with Crippen molar-refractivity contribution in [2.24, 2.45) is 7.05 Å². The van der Waals surface area contributed by atoms with Gasteiger partial charge in [0.05, 0.1) is 22.4 Å². The summed E-state index contributed by atoms with van der Waals surface area (Å²) in [5.74, 6) is 0. The Balaban J connectivity index is 2.06. The van der Waals surface area contributed by atoms with Crippen molar-refractivity contribution in [1.82, 2.24) is 9.78 Å². The highest BCUT2D eigenvalue weighted by atomic mass is 79.9. The molecule has 5 heteroatoms. The molecular weight excluding hydrogens is 310 g/mol. The van der Waals surface area contributed by atoms with Gasteiger partial charge in [0, 0.05) is 17.6 Å². The standard InChI is InChI=1S/C13H16BrN3S/c1-9-13(14)12(17(2)16-9)8-15-10-4-6-11(18-3)7-5-10/h4-7,15H,8H2,1-3H3. The maximum absolute atomic E-state index is 4.38. The fourth-order valence-corrected chi connectivity index (χ4v) is 2.65. The highest BCUT2D eigenvalue weighted by molar-refractivity contribution is 9.10. The zero-order chi connectivity index (χ0) is 13.1. The van der Waals surface area contributed by atoms with Crippen molar-refractivity contribution in [3.63, 3.8) is 0 Å². The predicted molar refractivity (Wildman–Crippen MR) is 81.2 cm³/mol. The van der Waals surface area contributed by atoms with Gasteiger partial charge in [0.1, 0.15) is 0 Å². The quantitative estimate of drug-likeness (QED) is 0.866. The zero-order valence-electron chi connectivity index (χ0n) is 10.7. The first kappa shape index (κ1) is 13.5. The van der Waals surface area contributed by atoms with Gasteiger partial charge in [0.2, 0.25) is 0 Å². The molecule has 0 aliphatic heterocycles. The number of nitrogens with zero attached hydrogens (tertiary/aromatic N) is 2. The van der Waals surface area contributed by atoms with Crippen molar-refractivity contribution in [3.05, 3.63) is 40.1 Å². The van der Waals surface area contributed by atoms with Crippen LogP contribution in [0.1, 0.15) is 11.4 Å². The molecule has 3 nitrogen and oxygen atoms in total. The normalized spacial score (nSPS) is 10.7. The highest BCUT2D eigenvalue weighted by Crippen LogP contribution is 2.22. The molecule has 0 fully saturated rings. The smallest absolute Gasteiger partial charge is 0.0739 e. The van der Waals surface area contributed by atoms with Crippen molar-refractivity contribution in [1.29, 1.82) is 0 Å². The van der Waals surface area contributed by atoms with Crippen LogP contribution in [0.25, 0.3) is 0 Å². The summed E-state index contributed by atoms with van der Waals surface area (Å²) in [4.78, 5) is 1.28. The van der Waals surface area contributed by atoms with Gasteiger partial charge in [-0.1, -0.05) is 0 Å². The van der Waals surface area contributed by atoms with Crippen molar-refractivity contribution >= 4 is 33.4 Å². The van der Waals surface area contributed by atoms with E-state index < -0.39 is 0 Å². The molecule has 1 N–H and O–H groups in total. The number of rotatable bonds is 4. The number of aryl methyl sites for hydroxylation is 2. The summed E-state index contributed by atoms with van der Waals surface area (Å²) in [6, 6.07) is 8.44. The van der Waals surface area contributed by atoms with E-state index in [0.717, 1.165) is 28.1 Å². The molecule has 2 rings (SSSR count). The molecule has 0 atom stereocenters. The molecule has 2 aromatic rings. The third-order valence-corrected chi connectivity index (χ3v) is 4.59. The van der Waals surface area contributed by atoms with Gasteiger partial charge in [0.15, 0.2) is 0 Å². The van der Waals surface area contributed by atoms with Crippen LogP contribution in [-0.4, -0.2) is 16.0 Å². The Labute approximate surface area is 120 Å². The molecular formula is C13H16BrN3S. The Kier molecular flexibility index (Phi) is 4.35. The lowest BCUT2D eigenvalue weighted by molar-refractivity contribution is 0.712. The van der Waals surface area contributed by atoms with Crippen LogP contribution in [-0.2, 0) is 13.6 Å². The fraction of sp³-hybridized carbons (Fsp3) is 0.308. The number of aromatic nitrogens is 2. The molecule has 0 amide bonds. The van der Waals surface area contributed by atoms with Gasteiger partial charge in [-0.2, -0.15) is 5.10 Å². The van der Waals surface area contributed by atoms with Crippen molar-refractivity contribution in [3.8, 4) is 0 Å². The van der Waals surface area contributed by atoms with Gasteiger partial charge in [0.25, 0.3) is 0 Å². The lowest BCUT2D eigenvalue weighted by atomic mass is 10.3. The summed E-state index contributed by atoms with van der Waals surface area (Å²) in [5, 5.41) is 7.78. The van der Waals surface area contributed by atoms with Crippen LogP contribution < -0.4 is 5.32 Å². The molecule has 0 spiro atoms. The number of hydrogen-bond acceptors (Lipinski definition) is 3. The molecule has 1 aromatic carbocycles. The lowest BCUT2D eigenvalue weighted by Crippen LogP contribution is -2.05. The minimum absolute atomic E-state index is 0.760. The molecule has 0 bridgehead atoms. The summed E-state index contributed by atoms with van der Waals surface area (Å²) in [6.45, 7) is 2.76. The number of hydrogen-bond donors (Lipinski definition) is 1. The third kappa shape index (κ3) is 2.90. The molecule has 0 aliphatic rings. The number of thioether (sulfide) groups is 1. The van der Waals surface area contributed by atoms with E-state index in [1.807, 2.05) is 18.7 Å². The van der Waals surface area contributed by atoms with Crippen molar-refractivity contribution in [2.45, 2.75) is 18.4 Å². The first-order chi connectivity index (χ1) is 8.61. The van der Waals surface area contributed by atoms with E-state index >= 15 is 0 Å². The Morgan fingerprint density at radius 1 is 1.33 bits per heavy atom. The molecule has 0 radical (unpaired) electrons. The van der Waals surface area contributed by atoms with Gasteiger partial charge in [-0.05, 0) is 53.4 Å². The van der Waals surface area contributed by atoms with Gasteiger partial charge >= 0.3 is 0 Å². The summed E-state index contributed by atoms with van der Waals surface area (Å²) in [5.41, 5.74) is 3.30. The molecule has 1 heterocycles. The lowest BCUT2D eigenvalue weighted by Gasteiger charge is -2.08. The van der Waals surface area contributed by atoms with E-state index in [2.05, 4.69) is 56.9 Å². The average molecular weight is 326 g/mol. The average Bonchev–Trinajstić information content (AvgIpc) is 2.62. The SMILES string of the molecule is CSc1ccc(NCc2c(Br)c(C)nn2C)cc1.